The first-order chi connectivity index (χ1) is 7.66. The number of hydrogen-bond donors (Lipinski definition) is 2. The van der Waals surface area contributed by atoms with Crippen molar-refractivity contribution in [3.8, 4) is 0 Å². The van der Waals surface area contributed by atoms with E-state index in [9.17, 15) is 4.39 Å². The molecule has 0 aliphatic carbocycles. The fourth-order valence-corrected chi connectivity index (χ4v) is 1.80. The van der Waals surface area contributed by atoms with Crippen LogP contribution in [0.1, 0.15) is 0 Å². The minimum absolute atomic E-state index is 0.282. The zero-order valence-electron chi connectivity index (χ0n) is 8.37. The minimum atomic E-state index is -0.282. The van der Waals surface area contributed by atoms with Gasteiger partial charge in [0.1, 0.15) is 5.82 Å². The molecule has 2 nitrogen and oxygen atoms in total. The molecule has 0 saturated carbocycles. The molecule has 0 radical (unpaired) electrons. The fraction of sp³-hybridized carbons (Fsp3) is 0. The van der Waals surface area contributed by atoms with Crippen LogP contribution in [0.3, 0.4) is 0 Å². The zero-order valence-corrected chi connectivity index (χ0v) is 10.5. The van der Waals surface area contributed by atoms with Crippen molar-refractivity contribution in [1.82, 2.24) is 0 Å². The van der Waals surface area contributed by atoms with Gasteiger partial charge in [-0.3, -0.25) is 0 Å². The maximum Gasteiger partial charge on any atom is 0.147 e. The Morgan fingerprint density at radius 2 is 1.81 bits per heavy atom. The number of anilines is 3. The molecule has 4 heteroatoms. The summed E-state index contributed by atoms with van der Waals surface area (Å²) in [7, 11) is 0. The Hall–Kier alpha value is -1.30. The van der Waals surface area contributed by atoms with E-state index in [1.54, 1.807) is 12.1 Å². The normalized spacial score (nSPS) is 10.1. The molecule has 0 aliphatic rings. The van der Waals surface area contributed by atoms with Crippen LogP contribution >= 0.6 is 22.6 Å². The van der Waals surface area contributed by atoms with Crippen molar-refractivity contribution in [2.24, 2.45) is 0 Å². The van der Waals surface area contributed by atoms with E-state index in [2.05, 4.69) is 27.9 Å². The van der Waals surface area contributed by atoms with Gasteiger partial charge in [-0.25, -0.2) is 4.39 Å². The van der Waals surface area contributed by atoms with Crippen LogP contribution in [0, 0.1) is 9.39 Å². The summed E-state index contributed by atoms with van der Waals surface area (Å²) < 4.78 is 14.4. The van der Waals surface area contributed by atoms with Gasteiger partial charge in [0.2, 0.25) is 0 Å². The molecule has 2 aromatic rings. The van der Waals surface area contributed by atoms with Crippen molar-refractivity contribution in [2.75, 3.05) is 11.1 Å². The molecule has 0 aromatic heterocycles. The summed E-state index contributed by atoms with van der Waals surface area (Å²) >= 11 is 2.07. The summed E-state index contributed by atoms with van der Waals surface area (Å²) in [5.41, 5.74) is 7.50. The molecule has 2 aromatic carbocycles. The molecular formula is C12H10FIN2. The Labute approximate surface area is 107 Å². The first-order valence-corrected chi connectivity index (χ1v) is 5.81. The highest BCUT2D eigenvalue weighted by molar-refractivity contribution is 14.1. The summed E-state index contributed by atoms with van der Waals surface area (Å²) in [6.45, 7) is 0. The Morgan fingerprint density at radius 1 is 1.06 bits per heavy atom. The molecule has 0 aliphatic heterocycles. The van der Waals surface area contributed by atoms with Crippen molar-refractivity contribution >= 4 is 39.7 Å². The molecule has 0 amide bonds. The third-order valence-corrected chi connectivity index (χ3v) is 2.83. The van der Waals surface area contributed by atoms with Crippen LogP contribution in [0.25, 0.3) is 0 Å². The molecular weight excluding hydrogens is 318 g/mol. The van der Waals surface area contributed by atoms with E-state index in [-0.39, 0.29) is 5.82 Å². The fourth-order valence-electron chi connectivity index (χ4n) is 1.35. The number of benzene rings is 2. The molecule has 0 unspecified atom stereocenters. The van der Waals surface area contributed by atoms with Crippen molar-refractivity contribution in [1.29, 1.82) is 0 Å². The van der Waals surface area contributed by atoms with E-state index >= 15 is 0 Å². The maximum atomic E-state index is 13.6. The predicted molar refractivity (Wildman–Crippen MR) is 73.3 cm³/mol. The van der Waals surface area contributed by atoms with Gasteiger partial charge < -0.3 is 11.1 Å². The van der Waals surface area contributed by atoms with Crippen LogP contribution in [-0.2, 0) is 0 Å². The first kappa shape index (κ1) is 11.2. The smallest absolute Gasteiger partial charge is 0.147 e. The second-order valence-corrected chi connectivity index (χ2v) is 4.58. The molecule has 2 rings (SSSR count). The molecule has 0 fully saturated rings. The van der Waals surface area contributed by atoms with E-state index in [0.29, 0.717) is 17.1 Å². The molecule has 16 heavy (non-hydrogen) atoms. The minimum Gasteiger partial charge on any atom is -0.397 e. The van der Waals surface area contributed by atoms with Crippen LogP contribution in [0.15, 0.2) is 42.5 Å². The van der Waals surface area contributed by atoms with Crippen LogP contribution in [0.2, 0.25) is 0 Å². The van der Waals surface area contributed by atoms with Crippen molar-refractivity contribution in [3.63, 3.8) is 0 Å². The Morgan fingerprint density at radius 3 is 2.50 bits per heavy atom. The molecule has 0 atom stereocenters. The number of para-hydroxylation sites is 2. The van der Waals surface area contributed by atoms with Crippen LogP contribution < -0.4 is 11.1 Å². The lowest BCUT2D eigenvalue weighted by molar-refractivity contribution is 0.631. The van der Waals surface area contributed by atoms with Gasteiger partial charge in [-0.1, -0.05) is 12.1 Å². The standard InChI is InChI=1S/C12H10FIN2/c13-9-7-8(14)5-6-11(9)16-12-4-2-1-3-10(12)15/h1-7,16H,15H2. The topological polar surface area (TPSA) is 38.0 Å². The summed E-state index contributed by atoms with van der Waals surface area (Å²) in [5, 5.41) is 2.96. The van der Waals surface area contributed by atoms with E-state index in [1.165, 1.54) is 6.07 Å². The van der Waals surface area contributed by atoms with Gasteiger partial charge in [0.15, 0.2) is 0 Å². The Kier molecular flexibility index (Phi) is 3.28. The summed E-state index contributed by atoms with van der Waals surface area (Å²) in [6.07, 6.45) is 0. The quantitative estimate of drug-likeness (QED) is 0.651. The number of halogens is 2. The highest BCUT2D eigenvalue weighted by Gasteiger charge is 2.04. The summed E-state index contributed by atoms with van der Waals surface area (Å²) in [4.78, 5) is 0. The highest BCUT2D eigenvalue weighted by atomic mass is 127. The van der Waals surface area contributed by atoms with Crippen LogP contribution in [0.5, 0.6) is 0 Å². The van der Waals surface area contributed by atoms with E-state index < -0.39 is 0 Å². The van der Waals surface area contributed by atoms with Crippen molar-refractivity contribution in [3.05, 3.63) is 51.9 Å². The van der Waals surface area contributed by atoms with Crippen LogP contribution in [0.4, 0.5) is 21.5 Å². The SMILES string of the molecule is Nc1ccccc1Nc1ccc(I)cc1F. The molecule has 0 saturated heterocycles. The lowest BCUT2D eigenvalue weighted by atomic mass is 10.2. The summed E-state index contributed by atoms with van der Waals surface area (Å²) in [6, 6.07) is 12.3. The molecule has 0 bridgehead atoms. The van der Waals surface area contributed by atoms with Gasteiger partial charge in [0.25, 0.3) is 0 Å². The monoisotopic (exact) mass is 328 g/mol. The molecule has 82 valence electrons. The average Bonchev–Trinajstić information content (AvgIpc) is 2.25. The van der Waals surface area contributed by atoms with Gasteiger partial charge in [-0.05, 0) is 52.9 Å². The second kappa shape index (κ2) is 4.69. The third-order valence-electron chi connectivity index (χ3n) is 2.16. The van der Waals surface area contributed by atoms with Gasteiger partial charge in [-0.2, -0.15) is 0 Å². The van der Waals surface area contributed by atoms with Gasteiger partial charge in [0.05, 0.1) is 17.1 Å². The first-order valence-electron chi connectivity index (χ1n) is 4.73. The Balaban J connectivity index is 2.31. The van der Waals surface area contributed by atoms with Crippen molar-refractivity contribution < 1.29 is 4.39 Å². The molecule has 3 N–H and O–H groups in total. The number of nitrogen functional groups attached to an aromatic ring is 1. The highest BCUT2D eigenvalue weighted by Crippen LogP contribution is 2.25. The average molecular weight is 328 g/mol. The maximum absolute atomic E-state index is 13.6. The Bertz CT molecular complexity index is 514. The number of rotatable bonds is 2. The largest absolute Gasteiger partial charge is 0.397 e. The van der Waals surface area contributed by atoms with Crippen molar-refractivity contribution in [2.45, 2.75) is 0 Å². The van der Waals surface area contributed by atoms with Gasteiger partial charge in [0, 0.05) is 3.57 Å². The number of hydrogen-bond acceptors (Lipinski definition) is 2. The molecule has 0 spiro atoms. The number of nitrogens with one attached hydrogen (secondary N) is 1. The van der Waals surface area contributed by atoms with E-state index in [4.69, 9.17) is 5.73 Å². The van der Waals surface area contributed by atoms with Gasteiger partial charge in [-0.15, -0.1) is 0 Å². The predicted octanol–water partition coefficient (Wildman–Crippen LogP) is 3.76. The zero-order chi connectivity index (χ0) is 11.5. The van der Waals surface area contributed by atoms with E-state index in [1.807, 2.05) is 24.3 Å². The third kappa shape index (κ3) is 2.44. The summed E-state index contributed by atoms with van der Waals surface area (Å²) in [5.74, 6) is -0.282. The number of nitrogens with two attached hydrogens (primary N) is 1. The molecule has 0 heterocycles. The van der Waals surface area contributed by atoms with Crippen LogP contribution in [-0.4, -0.2) is 0 Å². The lowest BCUT2D eigenvalue weighted by Gasteiger charge is -2.09. The van der Waals surface area contributed by atoms with Gasteiger partial charge >= 0.3 is 0 Å². The van der Waals surface area contributed by atoms with E-state index in [0.717, 1.165) is 3.57 Å². The lowest BCUT2D eigenvalue weighted by Crippen LogP contribution is -1.97. The second-order valence-electron chi connectivity index (χ2n) is 3.34.